The number of aliphatic hydroxyl groups excluding tert-OH is 1. The highest BCUT2D eigenvalue weighted by Gasteiger charge is 2.55. The lowest BCUT2D eigenvalue weighted by Crippen LogP contribution is -2.61. The Labute approximate surface area is 120 Å². The molecule has 1 saturated heterocycles. The Hall–Kier alpha value is -1.06. The molecule has 108 valence electrons. The van der Waals surface area contributed by atoms with Crippen molar-refractivity contribution < 1.29 is 10.2 Å². The zero-order chi connectivity index (χ0) is 13.9. The molecule has 2 bridgehead atoms. The minimum atomic E-state index is -0.208. The fraction of sp³-hybridized carbons (Fsp3) is 0.647. The summed E-state index contributed by atoms with van der Waals surface area (Å²) >= 11 is 0. The summed E-state index contributed by atoms with van der Waals surface area (Å²) in [6, 6.07) is 6.52. The van der Waals surface area contributed by atoms with Crippen molar-refractivity contribution in [1.29, 1.82) is 0 Å². The number of likely N-dealkylation sites (N-methyl/N-ethyl adjacent to an activating group) is 1. The van der Waals surface area contributed by atoms with Gasteiger partial charge in [0.25, 0.3) is 0 Å². The molecule has 2 N–H and O–H groups in total. The van der Waals surface area contributed by atoms with E-state index in [-0.39, 0.29) is 11.5 Å². The first kappa shape index (κ1) is 12.7. The monoisotopic (exact) mass is 273 g/mol. The third-order valence-corrected chi connectivity index (χ3v) is 6.12. The number of aromatic hydroxyl groups is 1. The first-order valence-electron chi connectivity index (χ1n) is 7.81. The molecule has 3 heteroatoms. The maximum absolute atomic E-state index is 10.5. The van der Waals surface area contributed by atoms with Crippen LogP contribution in [0.5, 0.6) is 5.75 Å². The van der Waals surface area contributed by atoms with E-state index in [4.69, 9.17) is 0 Å². The topological polar surface area (TPSA) is 43.7 Å². The zero-order valence-electron chi connectivity index (χ0n) is 12.0. The normalized spacial score (nSPS) is 40.0. The molecule has 1 saturated carbocycles. The average molecular weight is 273 g/mol. The molecule has 20 heavy (non-hydrogen) atoms. The lowest BCUT2D eigenvalue weighted by molar-refractivity contribution is -0.0402. The first-order chi connectivity index (χ1) is 9.62. The van der Waals surface area contributed by atoms with Gasteiger partial charge in [-0.3, -0.25) is 0 Å². The molecule has 2 fully saturated rings. The van der Waals surface area contributed by atoms with E-state index in [9.17, 15) is 10.2 Å². The molecule has 4 rings (SSSR count). The van der Waals surface area contributed by atoms with Gasteiger partial charge in [-0.2, -0.15) is 0 Å². The minimum Gasteiger partial charge on any atom is -0.508 e. The second kappa shape index (κ2) is 4.22. The summed E-state index contributed by atoms with van der Waals surface area (Å²) in [6.45, 7) is 1.07. The van der Waals surface area contributed by atoms with Crippen LogP contribution in [0.15, 0.2) is 18.2 Å². The summed E-state index contributed by atoms with van der Waals surface area (Å²) in [5, 5.41) is 20.7. The van der Waals surface area contributed by atoms with Gasteiger partial charge in [-0.05, 0) is 63.2 Å². The van der Waals surface area contributed by atoms with Gasteiger partial charge in [0.2, 0.25) is 0 Å². The van der Waals surface area contributed by atoms with Crippen molar-refractivity contribution >= 4 is 0 Å². The Kier molecular flexibility index (Phi) is 2.67. The van der Waals surface area contributed by atoms with Crippen LogP contribution in [0.2, 0.25) is 0 Å². The molecule has 0 unspecified atom stereocenters. The summed E-state index contributed by atoms with van der Waals surface area (Å²) < 4.78 is 0. The number of phenolic OH excluding ortho intramolecular Hbond substituents is 1. The zero-order valence-corrected chi connectivity index (χ0v) is 12.0. The van der Waals surface area contributed by atoms with E-state index in [1.807, 2.05) is 12.1 Å². The first-order valence-corrected chi connectivity index (χ1v) is 7.81. The van der Waals surface area contributed by atoms with E-state index in [0.717, 1.165) is 44.2 Å². The Morgan fingerprint density at radius 2 is 2.15 bits per heavy atom. The third kappa shape index (κ3) is 1.54. The number of phenols is 1. The highest BCUT2D eigenvalue weighted by Crippen LogP contribution is 2.57. The van der Waals surface area contributed by atoms with Crippen LogP contribution in [0.25, 0.3) is 0 Å². The van der Waals surface area contributed by atoms with E-state index in [1.54, 1.807) is 0 Å². The van der Waals surface area contributed by atoms with Crippen LogP contribution in [0.1, 0.15) is 36.8 Å². The van der Waals surface area contributed by atoms with Crippen molar-refractivity contribution in [2.24, 2.45) is 5.92 Å². The van der Waals surface area contributed by atoms with E-state index >= 15 is 0 Å². The molecule has 1 aliphatic heterocycles. The molecule has 1 aromatic rings. The van der Waals surface area contributed by atoms with Crippen LogP contribution in [0.3, 0.4) is 0 Å². The second-order valence-electron chi connectivity index (χ2n) is 7.01. The highest BCUT2D eigenvalue weighted by atomic mass is 16.3. The van der Waals surface area contributed by atoms with E-state index in [2.05, 4.69) is 18.0 Å². The van der Waals surface area contributed by atoms with Gasteiger partial charge in [-0.25, -0.2) is 0 Å². The van der Waals surface area contributed by atoms with Crippen LogP contribution in [-0.2, 0) is 11.8 Å². The van der Waals surface area contributed by atoms with Crippen LogP contribution in [0, 0.1) is 5.92 Å². The molecule has 0 aromatic heterocycles. The predicted octanol–water partition coefficient (Wildman–Crippen LogP) is 2.05. The number of hydrogen-bond donors (Lipinski definition) is 2. The number of piperidine rings is 1. The average Bonchev–Trinajstić information content (AvgIpc) is 2.42. The SMILES string of the molecule is CN1CC[C@]23C[C@@H](O)CC[C@H]2[C@H]1Cc1cccc(O)c13. The standard InChI is InChI=1S/C17H23NO2/c1-18-8-7-17-10-12(19)5-6-13(17)14(18)9-11-3-2-4-15(20)16(11)17/h2-4,12-14,19-20H,5-10H2,1H3/t12-,13-,14+,17-/m0/s1. The smallest absolute Gasteiger partial charge is 0.119 e. The number of likely N-dealkylation sites (tertiary alicyclic amines) is 1. The molecule has 1 aromatic carbocycles. The Morgan fingerprint density at radius 1 is 1.30 bits per heavy atom. The van der Waals surface area contributed by atoms with Crippen molar-refractivity contribution in [2.75, 3.05) is 13.6 Å². The summed E-state index contributed by atoms with van der Waals surface area (Å²) in [7, 11) is 2.23. The minimum absolute atomic E-state index is 0.00771. The lowest BCUT2D eigenvalue weighted by atomic mass is 9.52. The molecule has 0 radical (unpaired) electrons. The highest BCUT2D eigenvalue weighted by molar-refractivity contribution is 5.49. The maximum Gasteiger partial charge on any atom is 0.119 e. The van der Waals surface area contributed by atoms with Crippen LogP contribution in [0.4, 0.5) is 0 Å². The summed E-state index contributed by atoms with van der Waals surface area (Å²) in [5.41, 5.74) is 2.47. The fourth-order valence-electron chi connectivity index (χ4n) is 5.29. The molecule has 0 amide bonds. The van der Waals surface area contributed by atoms with Gasteiger partial charge in [0.1, 0.15) is 5.75 Å². The largest absolute Gasteiger partial charge is 0.508 e. The summed E-state index contributed by atoms with van der Waals surface area (Å²) in [6.07, 6.45) is 4.73. The number of fused-ring (bicyclic) bond motifs is 1. The number of aliphatic hydroxyl groups is 1. The van der Waals surface area contributed by atoms with Gasteiger partial charge in [-0.1, -0.05) is 12.1 Å². The van der Waals surface area contributed by atoms with Gasteiger partial charge in [0, 0.05) is 17.0 Å². The Bertz CT molecular complexity index is 544. The van der Waals surface area contributed by atoms with E-state index in [1.165, 1.54) is 5.56 Å². The lowest BCUT2D eigenvalue weighted by Gasteiger charge is -2.59. The molecule has 3 aliphatic rings. The number of benzene rings is 1. The summed E-state index contributed by atoms with van der Waals surface area (Å²) in [5.74, 6) is 1.04. The molecule has 0 spiro atoms. The van der Waals surface area contributed by atoms with Crippen molar-refractivity contribution in [2.45, 2.75) is 49.7 Å². The quantitative estimate of drug-likeness (QED) is 0.760. The van der Waals surface area contributed by atoms with E-state index < -0.39 is 0 Å². The van der Waals surface area contributed by atoms with Crippen molar-refractivity contribution in [3.63, 3.8) is 0 Å². The van der Waals surface area contributed by atoms with Crippen molar-refractivity contribution in [1.82, 2.24) is 4.90 Å². The van der Waals surface area contributed by atoms with Gasteiger partial charge < -0.3 is 15.1 Å². The molecular weight excluding hydrogens is 250 g/mol. The van der Waals surface area contributed by atoms with Crippen LogP contribution in [-0.4, -0.2) is 40.9 Å². The van der Waals surface area contributed by atoms with Crippen LogP contribution < -0.4 is 0 Å². The fourth-order valence-corrected chi connectivity index (χ4v) is 5.29. The predicted molar refractivity (Wildman–Crippen MR) is 77.9 cm³/mol. The van der Waals surface area contributed by atoms with Crippen molar-refractivity contribution in [3.05, 3.63) is 29.3 Å². The number of rotatable bonds is 0. The number of nitrogens with zero attached hydrogens (tertiary/aromatic N) is 1. The van der Waals surface area contributed by atoms with Gasteiger partial charge in [0.15, 0.2) is 0 Å². The Balaban J connectivity index is 1.92. The van der Waals surface area contributed by atoms with E-state index in [0.29, 0.717) is 17.7 Å². The molecule has 1 heterocycles. The van der Waals surface area contributed by atoms with Crippen molar-refractivity contribution in [3.8, 4) is 5.75 Å². The molecule has 3 nitrogen and oxygen atoms in total. The third-order valence-electron chi connectivity index (χ3n) is 6.12. The van der Waals surface area contributed by atoms with Gasteiger partial charge >= 0.3 is 0 Å². The molecule has 4 atom stereocenters. The maximum atomic E-state index is 10.5. The van der Waals surface area contributed by atoms with Crippen LogP contribution >= 0.6 is 0 Å². The summed E-state index contributed by atoms with van der Waals surface area (Å²) in [4.78, 5) is 2.49. The van der Waals surface area contributed by atoms with Gasteiger partial charge in [0.05, 0.1) is 6.10 Å². The van der Waals surface area contributed by atoms with Gasteiger partial charge in [-0.15, -0.1) is 0 Å². The molecular formula is C17H23NO2. The molecule has 2 aliphatic carbocycles. The number of hydrogen-bond acceptors (Lipinski definition) is 3. The Morgan fingerprint density at radius 3 is 3.00 bits per heavy atom. The second-order valence-corrected chi connectivity index (χ2v) is 7.01.